The molecule has 1 N–H and O–H groups in total. The molecule has 1 amide bonds. The van der Waals surface area contributed by atoms with E-state index in [-0.39, 0.29) is 12.0 Å². The molecule has 0 unspecified atom stereocenters. The van der Waals surface area contributed by atoms with E-state index in [1.165, 1.54) is 16.2 Å². The Kier molecular flexibility index (Phi) is 7.29. The fourth-order valence-electron chi connectivity index (χ4n) is 3.12. The number of ether oxygens (including phenoxy) is 2. The van der Waals surface area contributed by atoms with Gasteiger partial charge in [0.2, 0.25) is 0 Å². The molecule has 0 fully saturated rings. The lowest BCUT2D eigenvalue weighted by Crippen LogP contribution is -3.05. The number of rotatable bonds is 9. The van der Waals surface area contributed by atoms with Gasteiger partial charge in [0.05, 0.1) is 44.1 Å². The number of hydrogen-bond acceptors (Lipinski definition) is 5. The zero-order chi connectivity index (χ0) is 21.7. The van der Waals surface area contributed by atoms with Crippen LogP contribution in [0.5, 0.6) is 11.5 Å². The van der Waals surface area contributed by atoms with Crippen LogP contribution in [0.4, 0.5) is 5.13 Å². The van der Waals surface area contributed by atoms with Crippen molar-refractivity contribution in [3.63, 3.8) is 0 Å². The van der Waals surface area contributed by atoms with Gasteiger partial charge in [0.15, 0.2) is 5.13 Å². The van der Waals surface area contributed by atoms with Gasteiger partial charge in [-0.1, -0.05) is 11.3 Å². The van der Waals surface area contributed by atoms with Gasteiger partial charge < -0.3 is 14.4 Å². The zero-order valence-electron chi connectivity index (χ0n) is 18.3. The highest BCUT2D eigenvalue weighted by atomic mass is 32.1. The van der Waals surface area contributed by atoms with Gasteiger partial charge in [-0.3, -0.25) is 9.69 Å². The van der Waals surface area contributed by atoms with Gasteiger partial charge in [-0.2, -0.15) is 0 Å². The second-order valence-electron chi connectivity index (χ2n) is 7.79. The number of thiazole rings is 1. The molecule has 6 nitrogen and oxygen atoms in total. The molecule has 0 aliphatic carbocycles. The van der Waals surface area contributed by atoms with Crippen molar-refractivity contribution in [2.24, 2.45) is 0 Å². The number of anilines is 1. The Hall–Kier alpha value is -2.64. The zero-order valence-corrected chi connectivity index (χ0v) is 19.1. The summed E-state index contributed by atoms with van der Waals surface area (Å²) in [6, 6.07) is 13.1. The van der Waals surface area contributed by atoms with E-state index in [2.05, 4.69) is 14.1 Å². The summed E-state index contributed by atoms with van der Waals surface area (Å²) in [5.41, 5.74) is 1.46. The monoisotopic (exact) mass is 428 g/mol. The quantitative estimate of drug-likeness (QED) is 0.568. The lowest BCUT2D eigenvalue weighted by atomic mass is 10.2. The highest BCUT2D eigenvalue weighted by Crippen LogP contribution is 2.32. The predicted octanol–water partition coefficient (Wildman–Crippen LogP) is 3.27. The number of carbonyl (C=O) groups excluding carboxylic acids is 1. The number of aromatic nitrogens is 1. The molecule has 30 heavy (non-hydrogen) atoms. The minimum Gasteiger partial charge on any atom is -0.497 e. The molecule has 0 saturated heterocycles. The van der Waals surface area contributed by atoms with Crippen molar-refractivity contribution in [3.05, 3.63) is 48.0 Å². The molecule has 0 saturated carbocycles. The third-order valence-electron chi connectivity index (χ3n) is 4.59. The van der Waals surface area contributed by atoms with Gasteiger partial charge in [0.25, 0.3) is 5.91 Å². The van der Waals surface area contributed by atoms with Crippen LogP contribution < -0.4 is 19.3 Å². The maximum absolute atomic E-state index is 13.4. The van der Waals surface area contributed by atoms with Crippen LogP contribution in [0.25, 0.3) is 10.2 Å². The molecule has 0 bridgehead atoms. The molecule has 7 heteroatoms. The van der Waals surface area contributed by atoms with Crippen molar-refractivity contribution in [3.8, 4) is 11.5 Å². The van der Waals surface area contributed by atoms with Crippen molar-refractivity contribution in [1.29, 1.82) is 0 Å². The van der Waals surface area contributed by atoms with Crippen LogP contribution in [0, 0.1) is 0 Å². The summed E-state index contributed by atoms with van der Waals surface area (Å²) >= 11 is 1.52. The van der Waals surface area contributed by atoms with Crippen LogP contribution in [0.15, 0.2) is 42.5 Å². The average Bonchev–Trinajstić information content (AvgIpc) is 3.13. The average molecular weight is 429 g/mol. The predicted molar refractivity (Wildman–Crippen MR) is 122 cm³/mol. The smallest absolute Gasteiger partial charge is 0.260 e. The molecule has 160 valence electrons. The van der Waals surface area contributed by atoms with Crippen molar-refractivity contribution in [1.82, 2.24) is 4.98 Å². The van der Waals surface area contributed by atoms with E-state index in [9.17, 15) is 4.79 Å². The van der Waals surface area contributed by atoms with Crippen LogP contribution in [0.1, 0.15) is 30.6 Å². The molecule has 1 aromatic heterocycles. The van der Waals surface area contributed by atoms with Crippen LogP contribution in [0.2, 0.25) is 0 Å². The number of nitrogens with zero attached hydrogens (tertiary/aromatic N) is 2. The van der Waals surface area contributed by atoms with E-state index in [1.807, 2.05) is 56.3 Å². The summed E-state index contributed by atoms with van der Waals surface area (Å²) in [5.74, 6) is 1.47. The molecule has 0 aliphatic rings. The van der Waals surface area contributed by atoms with Crippen LogP contribution in [-0.4, -0.2) is 51.3 Å². The van der Waals surface area contributed by atoms with Crippen LogP contribution in [0.3, 0.4) is 0 Å². The second-order valence-corrected chi connectivity index (χ2v) is 8.80. The summed E-state index contributed by atoms with van der Waals surface area (Å²) in [6.45, 7) is 5.56. The molecule has 0 radical (unpaired) electrons. The van der Waals surface area contributed by atoms with Crippen LogP contribution in [-0.2, 0) is 0 Å². The third kappa shape index (κ3) is 5.49. The number of fused-ring (bicyclic) bond motifs is 1. The molecular weight excluding hydrogens is 398 g/mol. The van der Waals surface area contributed by atoms with Crippen molar-refractivity contribution < 1.29 is 19.2 Å². The Morgan fingerprint density at radius 3 is 2.47 bits per heavy atom. The Balaban J connectivity index is 1.88. The van der Waals surface area contributed by atoms with E-state index in [1.54, 1.807) is 12.0 Å². The third-order valence-corrected chi connectivity index (χ3v) is 5.65. The molecule has 2 aromatic carbocycles. The fourth-order valence-corrected chi connectivity index (χ4v) is 4.09. The number of hydrogen-bond donors (Lipinski definition) is 1. The van der Waals surface area contributed by atoms with E-state index in [4.69, 9.17) is 14.5 Å². The standard InChI is InChI=1S/C23H29N3O3S/c1-16(2)29-18-9-7-17(8-10-18)22(27)26(14-6-13-25(3)4)23-24-20-15-19(28-5)11-12-21(20)30-23/h7-12,15-16H,6,13-14H2,1-5H3/p+1. The SMILES string of the molecule is COc1ccc2sc(N(CCC[NH+](C)C)C(=O)c3ccc(OC(C)C)cc3)nc2c1. The lowest BCUT2D eigenvalue weighted by Gasteiger charge is -2.20. The van der Waals surface area contributed by atoms with Gasteiger partial charge in [-0.25, -0.2) is 4.98 Å². The van der Waals surface area contributed by atoms with Crippen molar-refractivity contribution in [2.45, 2.75) is 26.4 Å². The Bertz CT molecular complexity index is 983. The number of quaternary nitrogens is 1. The number of carbonyl (C=O) groups is 1. The first-order chi connectivity index (χ1) is 14.4. The summed E-state index contributed by atoms with van der Waals surface area (Å²) in [4.78, 5) is 21.3. The van der Waals surface area contributed by atoms with Gasteiger partial charge in [0.1, 0.15) is 11.5 Å². The molecule has 0 aliphatic heterocycles. The molecule has 0 atom stereocenters. The fraction of sp³-hybridized carbons (Fsp3) is 0.391. The number of benzene rings is 2. The van der Waals surface area contributed by atoms with E-state index >= 15 is 0 Å². The Morgan fingerprint density at radius 2 is 1.83 bits per heavy atom. The minimum absolute atomic E-state index is 0.0501. The Labute approximate surface area is 182 Å². The maximum Gasteiger partial charge on any atom is 0.260 e. The second kappa shape index (κ2) is 9.91. The van der Waals surface area contributed by atoms with Gasteiger partial charge in [0, 0.05) is 24.6 Å². The summed E-state index contributed by atoms with van der Waals surface area (Å²) in [5, 5.41) is 0.708. The molecule has 1 heterocycles. The van der Waals surface area contributed by atoms with Gasteiger partial charge in [-0.05, 0) is 50.2 Å². The van der Waals surface area contributed by atoms with Crippen molar-refractivity contribution in [2.75, 3.05) is 39.2 Å². The highest BCUT2D eigenvalue weighted by molar-refractivity contribution is 7.22. The molecule has 3 aromatic rings. The Morgan fingerprint density at radius 1 is 1.13 bits per heavy atom. The molecular formula is C23H30N3O3S+. The summed E-state index contributed by atoms with van der Waals surface area (Å²) < 4.78 is 12.0. The molecule has 0 spiro atoms. The van der Waals surface area contributed by atoms with E-state index in [0.717, 1.165) is 34.7 Å². The first-order valence-corrected chi connectivity index (χ1v) is 11.0. The maximum atomic E-state index is 13.4. The normalized spacial score (nSPS) is 11.3. The summed E-state index contributed by atoms with van der Waals surface area (Å²) in [6.07, 6.45) is 0.985. The van der Waals surface area contributed by atoms with Crippen molar-refractivity contribution >= 4 is 32.6 Å². The van der Waals surface area contributed by atoms with E-state index < -0.39 is 0 Å². The number of amides is 1. The van der Waals surface area contributed by atoms with Gasteiger partial charge in [-0.15, -0.1) is 0 Å². The summed E-state index contributed by atoms with van der Waals surface area (Å²) in [7, 11) is 5.87. The number of methoxy groups -OCH3 is 1. The first kappa shape index (κ1) is 22.1. The number of nitrogens with one attached hydrogen (secondary N) is 1. The van der Waals surface area contributed by atoms with Crippen LogP contribution >= 0.6 is 11.3 Å². The highest BCUT2D eigenvalue weighted by Gasteiger charge is 2.22. The minimum atomic E-state index is -0.0501. The first-order valence-electron chi connectivity index (χ1n) is 10.2. The van der Waals surface area contributed by atoms with Gasteiger partial charge >= 0.3 is 0 Å². The largest absolute Gasteiger partial charge is 0.497 e. The lowest BCUT2D eigenvalue weighted by molar-refractivity contribution is -0.858. The molecule has 3 rings (SSSR count). The topological polar surface area (TPSA) is 56.1 Å². The van der Waals surface area contributed by atoms with E-state index in [0.29, 0.717) is 17.2 Å².